The first-order chi connectivity index (χ1) is 11.8. The Labute approximate surface area is 144 Å². The highest BCUT2D eigenvalue weighted by Crippen LogP contribution is 2.29. The van der Waals surface area contributed by atoms with Gasteiger partial charge < -0.3 is 0 Å². The molecule has 3 aromatic rings. The van der Waals surface area contributed by atoms with E-state index >= 15 is 0 Å². The summed E-state index contributed by atoms with van der Waals surface area (Å²) < 4.78 is 1.95. The summed E-state index contributed by atoms with van der Waals surface area (Å²) in [7, 11) is 0. The molecule has 1 aromatic heterocycles. The van der Waals surface area contributed by atoms with Crippen LogP contribution in [0, 0.1) is 0 Å². The Balaban J connectivity index is 1.67. The van der Waals surface area contributed by atoms with Gasteiger partial charge in [-0.15, -0.1) is 10.2 Å². The topological polar surface area (TPSA) is 59.8 Å². The van der Waals surface area contributed by atoms with Gasteiger partial charge in [-0.2, -0.15) is 0 Å². The summed E-state index contributed by atoms with van der Waals surface area (Å²) in [6.45, 7) is 0.823. The van der Waals surface area contributed by atoms with Crippen molar-refractivity contribution in [1.82, 2.24) is 14.8 Å². The minimum atomic E-state index is -0.380. The van der Waals surface area contributed by atoms with Crippen molar-refractivity contribution in [3.05, 3.63) is 71.8 Å². The van der Waals surface area contributed by atoms with Gasteiger partial charge in [0.1, 0.15) is 0 Å². The summed E-state index contributed by atoms with van der Waals surface area (Å²) in [6, 6.07) is 19.6. The van der Waals surface area contributed by atoms with E-state index in [1.807, 2.05) is 65.2 Å². The minimum Gasteiger partial charge on any atom is -0.294 e. The molecule has 1 aliphatic rings. The van der Waals surface area contributed by atoms with Gasteiger partial charge in [0.25, 0.3) is 0 Å². The molecule has 0 fully saturated rings. The lowest BCUT2D eigenvalue weighted by Gasteiger charge is -2.17. The average Bonchev–Trinajstić information content (AvgIpc) is 3.22. The lowest BCUT2D eigenvalue weighted by molar-refractivity contribution is -0.116. The normalized spacial score (nSPS) is 13.0. The number of carbonyl (C=O) groups excluding carboxylic acids is 1. The van der Waals surface area contributed by atoms with E-state index in [1.54, 1.807) is 11.8 Å². The number of aromatic nitrogens is 3. The number of benzene rings is 2. The first-order valence-electron chi connectivity index (χ1n) is 7.79. The van der Waals surface area contributed by atoms with E-state index in [9.17, 15) is 4.79 Å². The molecule has 0 saturated heterocycles. The molecular weight excluding hydrogens is 320 g/mol. The van der Waals surface area contributed by atoms with E-state index < -0.39 is 0 Å². The molecule has 4 rings (SSSR count). The molecular formula is C18H16N4OS. The fraction of sp³-hybridized carbons (Fsp3) is 0.167. The summed E-state index contributed by atoms with van der Waals surface area (Å²) in [6.07, 6.45) is 0. The maximum atomic E-state index is 13.0. The predicted octanol–water partition coefficient (Wildman–Crippen LogP) is 3.15. The molecule has 1 aliphatic heterocycles. The molecule has 0 bridgehead atoms. The zero-order valence-corrected chi connectivity index (χ0v) is 13.7. The van der Waals surface area contributed by atoms with Gasteiger partial charge in [-0.3, -0.25) is 14.7 Å². The zero-order valence-electron chi connectivity index (χ0n) is 12.9. The highest BCUT2D eigenvalue weighted by molar-refractivity contribution is 7.99. The third-order valence-electron chi connectivity index (χ3n) is 4.03. The lowest BCUT2D eigenvalue weighted by Crippen LogP contribution is -2.24. The van der Waals surface area contributed by atoms with Crippen LogP contribution >= 0.6 is 11.8 Å². The number of rotatable bonds is 4. The van der Waals surface area contributed by atoms with Crippen LogP contribution in [0.25, 0.3) is 0 Å². The molecule has 0 spiro atoms. The van der Waals surface area contributed by atoms with Gasteiger partial charge in [-0.1, -0.05) is 72.4 Å². The van der Waals surface area contributed by atoms with Crippen molar-refractivity contribution in [2.45, 2.75) is 17.6 Å². The van der Waals surface area contributed by atoms with Crippen molar-refractivity contribution in [1.29, 1.82) is 0 Å². The van der Waals surface area contributed by atoms with Crippen molar-refractivity contribution in [2.75, 3.05) is 11.1 Å². The number of hydrogen-bond acceptors (Lipinski definition) is 4. The molecule has 2 aromatic carbocycles. The SMILES string of the molecule is O=C(Nc1nnc2n1CCS2)C(c1ccccc1)c1ccccc1. The van der Waals surface area contributed by atoms with Crippen LogP contribution in [0.2, 0.25) is 0 Å². The van der Waals surface area contributed by atoms with Crippen molar-refractivity contribution in [3.63, 3.8) is 0 Å². The number of hydrogen-bond donors (Lipinski definition) is 1. The van der Waals surface area contributed by atoms with Crippen LogP contribution in [-0.2, 0) is 11.3 Å². The smallest absolute Gasteiger partial charge is 0.238 e. The quantitative estimate of drug-likeness (QED) is 0.795. The van der Waals surface area contributed by atoms with E-state index in [-0.39, 0.29) is 11.8 Å². The highest BCUT2D eigenvalue weighted by Gasteiger charge is 2.26. The second-order valence-corrected chi connectivity index (χ2v) is 6.61. The molecule has 24 heavy (non-hydrogen) atoms. The van der Waals surface area contributed by atoms with E-state index in [0.717, 1.165) is 28.6 Å². The Morgan fingerprint density at radius 1 is 1.00 bits per heavy atom. The largest absolute Gasteiger partial charge is 0.294 e. The molecule has 2 heterocycles. The zero-order chi connectivity index (χ0) is 16.4. The average molecular weight is 336 g/mol. The third-order valence-corrected chi connectivity index (χ3v) is 4.97. The molecule has 5 nitrogen and oxygen atoms in total. The molecule has 6 heteroatoms. The van der Waals surface area contributed by atoms with E-state index in [2.05, 4.69) is 15.5 Å². The molecule has 0 unspecified atom stereocenters. The van der Waals surface area contributed by atoms with Crippen LogP contribution in [-0.4, -0.2) is 26.4 Å². The molecule has 0 saturated carbocycles. The summed E-state index contributed by atoms with van der Waals surface area (Å²) >= 11 is 1.66. The number of amides is 1. The fourth-order valence-corrected chi connectivity index (χ4v) is 3.77. The van der Waals surface area contributed by atoms with Gasteiger partial charge in [0.2, 0.25) is 11.9 Å². The maximum Gasteiger partial charge on any atom is 0.238 e. The Bertz CT molecular complexity index is 808. The third kappa shape index (κ3) is 2.80. The van der Waals surface area contributed by atoms with Gasteiger partial charge in [-0.25, -0.2) is 0 Å². The van der Waals surface area contributed by atoms with Gasteiger partial charge in [-0.05, 0) is 11.1 Å². The fourth-order valence-electron chi connectivity index (χ4n) is 2.89. The molecule has 120 valence electrons. The predicted molar refractivity (Wildman–Crippen MR) is 94.1 cm³/mol. The van der Waals surface area contributed by atoms with Crippen LogP contribution in [0.1, 0.15) is 17.0 Å². The van der Waals surface area contributed by atoms with Crippen LogP contribution in [0.4, 0.5) is 5.95 Å². The van der Waals surface area contributed by atoms with Crippen molar-refractivity contribution in [2.24, 2.45) is 0 Å². The first-order valence-corrected chi connectivity index (χ1v) is 8.78. The number of carbonyl (C=O) groups is 1. The Kier molecular flexibility index (Phi) is 4.04. The van der Waals surface area contributed by atoms with Crippen LogP contribution in [0.15, 0.2) is 65.8 Å². The Morgan fingerprint density at radius 3 is 2.25 bits per heavy atom. The van der Waals surface area contributed by atoms with Crippen molar-refractivity contribution < 1.29 is 4.79 Å². The first kappa shape index (κ1) is 15.0. The van der Waals surface area contributed by atoms with E-state index in [1.165, 1.54) is 0 Å². The lowest BCUT2D eigenvalue weighted by atomic mass is 9.90. The Morgan fingerprint density at radius 2 is 1.62 bits per heavy atom. The van der Waals surface area contributed by atoms with Gasteiger partial charge in [0.15, 0.2) is 5.16 Å². The maximum absolute atomic E-state index is 13.0. The highest BCUT2D eigenvalue weighted by atomic mass is 32.2. The van der Waals surface area contributed by atoms with E-state index in [0.29, 0.717) is 5.95 Å². The summed E-state index contributed by atoms with van der Waals surface area (Å²) in [5.74, 6) is 1.01. The number of nitrogens with zero attached hydrogens (tertiary/aromatic N) is 3. The summed E-state index contributed by atoms with van der Waals surface area (Å²) in [4.78, 5) is 13.0. The summed E-state index contributed by atoms with van der Waals surface area (Å²) in [5, 5.41) is 12.0. The number of fused-ring (bicyclic) bond motifs is 1. The van der Waals surface area contributed by atoms with E-state index in [4.69, 9.17) is 0 Å². The van der Waals surface area contributed by atoms with Crippen LogP contribution in [0.3, 0.4) is 0 Å². The standard InChI is InChI=1S/C18H16N4OS/c23-16(19-17-20-21-18-22(17)11-12-24-18)15(13-7-3-1-4-8-13)14-9-5-2-6-10-14/h1-10,15H,11-12H2,(H,19,20,23). The van der Waals surface area contributed by atoms with Crippen molar-refractivity contribution in [3.8, 4) is 0 Å². The van der Waals surface area contributed by atoms with Crippen LogP contribution in [0.5, 0.6) is 0 Å². The molecule has 1 N–H and O–H groups in total. The number of nitrogens with one attached hydrogen (secondary N) is 1. The van der Waals surface area contributed by atoms with Crippen LogP contribution < -0.4 is 5.32 Å². The Hall–Kier alpha value is -2.60. The van der Waals surface area contributed by atoms with Crippen molar-refractivity contribution >= 4 is 23.6 Å². The molecule has 0 radical (unpaired) electrons. The van der Waals surface area contributed by atoms with Gasteiger partial charge >= 0.3 is 0 Å². The second kappa shape index (κ2) is 6.49. The summed E-state index contributed by atoms with van der Waals surface area (Å²) in [5.41, 5.74) is 1.91. The number of anilines is 1. The number of thioether (sulfide) groups is 1. The monoisotopic (exact) mass is 336 g/mol. The van der Waals surface area contributed by atoms with Gasteiger partial charge in [0, 0.05) is 12.3 Å². The molecule has 0 atom stereocenters. The molecule has 0 aliphatic carbocycles. The molecule has 1 amide bonds. The van der Waals surface area contributed by atoms with Gasteiger partial charge in [0.05, 0.1) is 5.92 Å². The minimum absolute atomic E-state index is 0.0977. The second-order valence-electron chi connectivity index (χ2n) is 5.55.